The highest BCUT2D eigenvalue weighted by Crippen LogP contribution is 2.35. The molecule has 0 aliphatic rings. The predicted octanol–water partition coefficient (Wildman–Crippen LogP) is 3.25. The molecule has 0 aliphatic carbocycles. The molecule has 0 fully saturated rings. The molecule has 156 valence electrons. The van der Waals surface area contributed by atoms with E-state index in [0.29, 0.717) is 5.75 Å². The summed E-state index contributed by atoms with van der Waals surface area (Å²) in [6.45, 7) is 1.48. The van der Waals surface area contributed by atoms with Gasteiger partial charge in [0.25, 0.3) is 0 Å². The van der Waals surface area contributed by atoms with E-state index in [0.717, 1.165) is 4.68 Å². The number of ether oxygens (including phenoxy) is 2. The second-order valence-electron chi connectivity index (χ2n) is 5.74. The van der Waals surface area contributed by atoms with Crippen molar-refractivity contribution < 1.29 is 31.1 Å². The van der Waals surface area contributed by atoms with Crippen LogP contribution in [0.2, 0.25) is 5.02 Å². The van der Waals surface area contributed by atoms with Crippen molar-refractivity contribution in [1.29, 1.82) is 0 Å². The van der Waals surface area contributed by atoms with Crippen LogP contribution in [0.25, 0.3) is 0 Å². The monoisotopic (exact) mass is 441 g/mol. The number of alkyl halides is 3. The van der Waals surface area contributed by atoms with Crippen LogP contribution in [0.4, 0.5) is 13.2 Å². The minimum atomic E-state index is -4.65. The zero-order valence-electron chi connectivity index (χ0n) is 15.3. The Morgan fingerprint density at radius 3 is 2.39 bits per heavy atom. The summed E-state index contributed by atoms with van der Waals surface area (Å²) in [7, 11) is -1.02. The van der Waals surface area contributed by atoms with Crippen molar-refractivity contribution in [3.63, 3.8) is 0 Å². The Bertz CT molecular complexity index is 945. The molecule has 1 N–H and O–H groups in total. The molecular weight excluding hydrogens is 423 g/mol. The molecule has 0 bridgehead atoms. The standard InChI is InChI=1S/C16H19ClF3N3O4S/c1-10-14(17)15(16(18,19)20)22-23(10)8-4-7-21-28(24,25)11-5-6-12(26-2)13(9-11)27-3/h5-6,9,21H,4,7-8H2,1-3H3. The molecule has 1 aromatic heterocycles. The first-order valence-electron chi connectivity index (χ1n) is 8.03. The molecule has 7 nitrogen and oxygen atoms in total. The second-order valence-corrected chi connectivity index (χ2v) is 7.88. The number of aromatic nitrogens is 2. The molecule has 0 spiro atoms. The molecule has 2 aromatic rings. The summed E-state index contributed by atoms with van der Waals surface area (Å²) < 4.78 is 76.8. The molecule has 28 heavy (non-hydrogen) atoms. The van der Waals surface area contributed by atoms with E-state index < -0.39 is 26.9 Å². The van der Waals surface area contributed by atoms with E-state index in [1.54, 1.807) is 0 Å². The molecule has 1 heterocycles. The zero-order valence-corrected chi connectivity index (χ0v) is 16.9. The maximum atomic E-state index is 12.8. The minimum Gasteiger partial charge on any atom is -0.493 e. The Kier molecular flexibility index (Phi) is 6.84. The van der Waals surface area contributed by atoms with Gasteiger partial charge in [0, 0.05) is 19.2 Å². The quantitative estimate of drug-likeness (QED) is 0.636. The third-order valence-corrected chi connectivity index (χ3v) is 5.82. The molecule has 1 aromatic carbocycles. The number of methoxy groups -OCH3 is 2. The summed E-state index contributed by atoms with van der Waals surface area (Å²) >= 11 is 5.68. The maximum absolute atomic E-state index is 12.8. The first-order valence-corrected chi connectivity index (χ1v) is 9.89. The van der Waals surface area contributed by atoms with Gasteiger partial charge in [-0.1, -0.05) is 11.6 Å². The highest BCUT2D eigenvalue weighted by molar-refractivity contribution is 7.89. The molecular formula is C16H19ClF3N3O4S. The van der Waals surface area contributed by atoms with Gasteiger partial charge in [0.05, 0.1) is 29.8 Å². The molecule has 0 atom stereocenters. The lowest BCUT2D eigenvalue weighted by molar-refractivity contribution is -0.141. The van der Waals surface area contributed by atoms with Gasteiger partial charge >= 0.3 is 6.18 Å². The summed E-state index contributed by atoms with van der Waals surface area (Å²) in [4.78, 5) is -0.0252. The number of nitrogens with zero attached hydrogens (tertiary/aromatic N) is 2. The normalized spacial score (nSPS) is 12.2. The van der Waals surface area contributed by atoms with E-state index >= 15 is 0 Å². The van der Waals surface area contributed by atoms with E-state index in [2.05, 4.69) is 9.82 Å². The van der Waals surface area contributed by atoms with Crippen molar-refractivity contribution in [3.05, 3.63) is 34.6 Å². The lowest BCUT2D eigenvalue weighted by atomic mass is 10.3. The van der Waals surface area contributed by atoms with Crippen molar-refractivity contribution in [2.75, 3.05) is 20.8 Å². The molecule has 0 saturated carbocycles. The van der Waals surface area contributed by atoms with Gasteiger partial charge in [-0.25, -0.2) is 13.1 Å². The van der Waals surface area contributed by atoms with Crippen molar-refractivity contribution in [1.82, 2.24) is 14.5 Å². The van der Waals surface area contributed by atoms with Crippen LogP contribution in [0.15, 0.2) is 23.1 Å². The third kappa shape index (κ3) is 4.89. The van der Waals surface area contributed by atoms with Gasteiger partial charge < -0.3 is 9.47 Å². The summed E-state index contributed by atoms with van der Waals surface area (Å²) in [5, 5.41) is 3.01. The number of aryl methyl sites for hydroxylation is 1. The van der Waals surface area contributed by atoms with Crippen molar-refractivity contribution in [2.24, 2.45) is 0 Å². The molecule has 0 aliphatic heterocycles. The van der Waals surface area contributed by atoms with Crippen LogP contribution >= 0.6 is 11.6 Å². The van der Waals surface area contributed by atoms with Crippen LogP contribution < -0.4 is 14.2 Å². The van der Waals surface area contributed by atoms with Crippen molar-refractivity contribution >= 4 is 21.6 Å². The topological polar surface area (TPSA) is 82.5 Å². The van der Waals surface area contributed by atoms with Crippen LogP contribution in [0.5, 0.6) is 11.5 Å². The number of halogens is 4. The lowest BCUT2D eigenvalue weighted by Crippen LogP contribution is -2.26. The zero-order chi connectivity index (χ0) is 21.1. The summed E-state index contributed by atoms with van der Waals surface area (Å²) in [6.07, 6.45) is -4.44. The highest BCUT2D eigenvalue weighted by atomic mass is 35.5. The second kappa shape index (κ2) is 8.58. The van der Waals surface area contributed by atoms with Gasteiger partial charge in [0.15, 0.2) is 17.2 Å². The SMILES string of the molecule is COc1ccc(S(=O)(=O)NCCCn2nc(C(F)(F)F)c(Cl)c2C)cc1OC. The largest absolute Gasteiger partial charge is 0.493 e. The van der Waals surface area contributed by atoms with Crippen LogP contribution in [-0.2, 0) is 22.7 Å². The molecule has 12 heteroatoms. The summed E-state index contributed by atoms with van der Waals surface area (Å²) in [5.74, 6) is 0.639. The maximum Gasteiger partial charge on any atom is 0.436 e. The fraction of sp³-hybridized carbons (Fsp3) is 0.438. The van der Waals surface area contributed by atoms with E-state index in [-0.39, 0.29) is 35.8 Å². The smallest absolute Gasteiger partial charge is 0.436 e. The third-order valence-electron chi connectivity index (χ3n) is 3.91. The Labute approximate surface area is 165 Å². The van der Waals surface area contributed by atoms with Gasteiger partial charge in [0.2, 0.25) is 10.0 Å². The van der Waals surface area contributed by atoms with Crippen LogP contribution in [0.3, 0.4) is 0 Å². The fourth-order valence-corrected chi connectivity index (χ4v) is 3.76. The van der Waals surface area contributed by atoms with Crippen LogP contribution in [-0.4, -0.2) is 39.0 Å². The first kappa shape index (κ1) is 22.3. The lowest BCUT2D eigenvalue weighted by Gasteiger charge is -2.11. The van der Waals surface area contributed by atoms with Gasteiger partial charge in [-0.2, -0.15) is 18.3 Å². The van der Waals surface area contributed by atoms with Crippen molar-refractivity contribution in [2.45, 2.75) is 31.0 Å². The summed E-state index contributed by atoms with van der Waals surface area (Å²) in [5.41, 5.74) is -0.991. The van der Waals surface area contributed by atoms with Gasteiger partial charge in [-0.3, -0.25) is 4.68 Å². The number of hydrogen-bond donors (Lipinski definition) is 1. The van der Waals surface area contributed by atoms with Crippen LogP contribution in [0.1, 0.15) is 17.8 Å². The number of nitrogens with one attached hydrogen (secondary N) is 1. The van der Waals surface area contributed by atoms with Gasteiger partial charge in [-0.05, 0) is 25.5 Å². The van der Waals surface area contributed by atoms with Crippen LogP contribution in [0, 0.1) is 6.92 Å². The summed E-state index contributed by atoms with van der Waals surface area (Å²) in [6, 6.07) is 4.13. The minimum absolute atomic E-state index is 0.00501. The van der Waals surface area contributed by atoms with E-state index in [4.69, 9.17) is 21.1 Å². The number of rotatable bonds is 8. The Morgan fingerprint density at radius 1 is 1.21 bits per heavy atom. The number of benzene rings is 1. The first-order chi connectivity index (χ1) is 13.0. The van der Waals surface area contributed by atoms with Crippen molar-refractivity contribution in [3.8, 4) is 11.5 Å². The fourth-order valence-electron chi connectivity index (χ4n) is 2.43. The molecule has 0 saturated heterocycles. The average Bonchev–Trinajstić information content (AvgIpc) is 2.93. The predicted molar refractivity (Wildman–Crippen MR) is 96.3 cm³/mol. The Balaban J connectivity index is 2.02. The van der Waals surface area contributed by atoms with Gasteiger partial charge in [-0.15, -0.1) is 0 Å². The number of sulfonamides is 1. The molecule has 0 amide bonds. The van der Waals surface area contributed by atoms with E-state index in [9.17, 15) is 21.6 Å². The Morgan fingerprint density at radius 2 is 1.86 bits per heavy atom. The van der Waals surface area contributed by atoms with E-state index in [1.807, 2.05) is 0 Å². The van der Waals surface area contributed by atoms with E-state index in [1.165, 1.54) is 39.3 Å². The Hall–Kier alpha value is -1.98. The highest BCUT2D eigenvalue weighted by Gasteiger charge is 2.38. The number of hydrogen-bond acceptors (Lipinski definition) is 5. The van der Waals surface area contributed by atoms with Gasteiger partial charge in [0.1, 0.15) is 0 Å². The molecule has 2 rings (SSSR count). The molecule has 0 radical (unpaired) electrons. The molecule has 0 unspecified atom stereocenters. The average molecular weight is 442 g/mol.